The van der Waals surface area contributed by atoms with Crippen LogP contribution in [0.2, 0.25) is 0 Å². The minimum absolute atomic E-state index is 0.372. The van der Waals surface area contributed by atoms with Gasteiger partial charge in [-0.3, -0.25) is 0 Å². The Balaban J connectivity index is 0. The molecule has 2 nitrogen and oxygen atoms in total. The lowest BCUT2D eigenvalue weighted by atomic mass is 10.1. The van der Waals surface area contributed by atoms with E-state index in [2.05, 4.69) is 20.1 Å². The molecule has 0 aromatic carbocycles. The van der Waals surface area contributed by atoms with E-state index in [9.17, 15) is 0 Å². The first-order chi connectivity index (χ1) is 8.18. The monoisotopic (exact) mass is 244 g/mol. The summed E-state index contributed by atoms with van der Waals surface area (Å²) in [6.45, 7) is 10.3. The van der Waals surface area contributed by atoms with Crippen LogP contribution >= 0.6 is 0 Å². The second-order valence-electron chi connectivity index (χ2n) is 4.41. The molecule has 0 heterocycles. The fraction of sp³-hybridized carbons (Fsp3) is 0.867. The summed E-state index contributed by atoms with van der Waals surface area (Å²) in [4.78, 5) is 0. The maximum absolute atomic E-state index is 5.31. The van der Waals surface area contributed by atoms with Crippen molar-refractivity contribution in [3.63, 3.8) is 0 Å². The molecule has 0 fully saturated rings. The molecule has 0 spiro atoms. The smallest absolute Gasteiger partial charge is 0.164 e. The minimum Gasteiger partial charge on any atom is -0.353 e. The summed E-state index contributed by atoms with van der Waals surface area (Å²) in [7, 11) is 3.43. The summed E-state index contributed by atoms with van der Waals surface area (Å²) in [5.41, 5.74) is 0. The van der Waals surface area contributed by atoms with E-state index in [4.69, 9.17) is 9.47 Å². The molecule has 0 saturated heterocycles. The Labute approximate surface area is 108 Å². The zero-order valence-electron chi connectivity index (χ0n) is 12.4. The standard InChI is InChI=1S/C13H28O2.C2H4/c1-5-6-7-8-9-10-11-12-13(2,14-3)15-4;1-2/h5-12H2,1-4H3;1-2H2. The van der Waals surface area contributed by atoms with Gasteiger partial charge in [0.25, 0.3) is 0 Å². The molecule has 0 aliphatic heterocycles. The van der Waals surface area contributed by atoms with Crippen molar-refractivity contribution in [1.29, 1.82) is 0 Å². The van der Waals surface area contributed by atoms with E-state index in [1.807, 2.05) is 6.92 Å². The Bertz CT molecular complexity index is 142. The molecular weight excluding hydrogens is 212 g/mol. The van der Waals surface area contributed by atoms with Crippen molar-refractivity contribution in [3.8, 4) is 0 Å². The predicted molar refractivity (Wildman–Crippen MR) is 76.3 cm³/mol. The third-order valence-corrected chi connectivity index (χ3v) is 3.10. The number of rotatable bonds is 10. The molecule has 104 valence electrons. The molecule has 0 rings (SSSR count). The van der Waals surface area contributed by atoms with Crippen LogP contribution in [0.4, 0.5) is 0 Å². The van der Waals surface area contributed by atoms with Crippen LogP contribution in [-0.4, -0.2) is 20.0 Å². The highest BCUT2D eigenvalue weighted by atomic mass is 16.7. The Morgan fingerprint density at radius 2 is 1.24 bits per heavy atom. The van der Waals surface area contributed by atoms with Gasteiger partial charge in [0.2, 0.25) is 0 Å². The van der Waals surface area contributed by atoms with E-state index in [0.717, 1.165) is 6.42 Å². The SMILES string of the molecule is C=C.CCCCCCCCCC(C)(OC)OC. The van der Waals surface area contributed by atoms with E-state index < -0.39 is 0 Å². The molecule has 17 heavy (non-hydrogen) atoms. The highest BCUT2D eigenvalue weighted by molar-refractivity contribution is 4.61. The summed E-state index contributed by atoms with van der Waals surface area (Å²) >= 11 is 0. The average Bonchev–Trinajstić information content (AvgIpc) is 2.40. The van der Waals surface area contributed by atoms with Gasteiger partial charge in [0, 0.05) is 20.6 Å². The van der Waals surface area contributed by atoms with E-state index in [-0.39, 0.29) is 5.79 Å². The molecule has 0 amide bonds. The molecule has 0 radical (unpaired) electrons. The van der Waals surface area contributed by atoms with Crippen molar-refractivity contribution >= 4 is 0 Å². The summed E-state index contributed by atoms with van der Waals surface area (Å²) in [5.74, 6) is -0.372. The first-order valence-corrected chi connectivity index (χ1v) is 6.79. The van der Waals surface area contributed by atoms with Crippen molar-refractivity contribution in [2.75, 3.05) is 14.2 Å². The second kappa shape index (κ2) is 13.7. The maximum atomic E-state index is 5.31. The number of methoxy groups -OCH3 is 2. The lowest BCUT2D eigenvalue weighted by Gasteiger charge is -2.26. The van der Waals surface area contributed by atoms with Crippen molar-refractivity contribution < 1.29 is 9.47 Å². The van der Waals surface area contributed by atoms with Gasteiger partial charge in [0.05, 0.1) is 0 Å². The van der Waals surface area contributed by atoms with E-state index in [0.29, 0.717) is 0 Å². The highest BCUT2D eigenvalue weighted by Gasteiger charge is 2.21. The van der Waals surface area contributed by atoms with Crippen LogP contribution in [-0.2, 0) is 9.47 Å². The minimum atomic E-state index is -0.372. The first kappa shape index (κ1) is 19.0. The van der Waals surface area contributed by atoms with Crippen LogP contribution in [0.3, 0.4) is 0 Å². The van der Waals surface area contributed by atoms with E-state index in [1.165, 1.54) is 44.9 Å². The van der Waals surface area contributed by atoms with Gasteiger partial charge in [0.1, 0.15) is 0 Å². The third kappa shape index (κ3) is 11.9. The Morgan fingerprint density at radius 3 is 1.65 bits per heavy atom. The van der Waals surface area contributed by atoms with Crippen LogP contribution in [0.1, 0.15) is 65.2 Å². The van der Waals surface area contributed by atoms with Gasteiger partial charge in [-0.2, -0.15) is 0 Å². The van der Waals surface area contributed by atoms with Crippen molar-refractivity contribution in [2.45, 2.75) is 71.0 Å². The van der Waals surface area contributed by atoms with Crippen LogP contribution in [0.15, 0.2) is 13.2 Å². The zero-order chi connectivity index (χ0) is 13.6. The lowest BCUT2D eigenvalue weighted by molar-refractivity contribution is -0.197. The quantitative estimate of drug-likeness (QED) is 0.308. The van der Waals surface area contributed by atoms with Crippen molar-refractivity contribution in [3.05, 3.63) is 13.2 Å². The van der Waals surface area contributed by atoms with Crippen LogP contribution in [0.5, 0.6) is 0 Å². The fourth-order valence-electron chi connectivity index (χ4n) is 1.69. The maximum Gasteiger partial charge on any atom is 0.164 e. The average molecular weight is 244 g/mol. The third-order valence-electron chi connectivity index (χ3n) is 3.10. The summed E-state index contributed by atoms with van der Waals surface area (Å²) < 4.78 is 10.6. The van der Waals surface area contributed by atoms with Gasteiger partial charge in [-0.25, -0.2) is 0 Å². The summed E-state index contributed by atoms with van der Waals surface area (Å²) in [6, 6.07) is 0. The molecule has 0 aliphatic carbocycles. The van der Waals surface area contributed by atoms with Crippen LogP contribution < -0.4 is 0 Å². The number of ether oxygens (including phenoxy) is 2. The van der Waals surface area contributed by atoms with E-state index in [1.54, 1.807) is 14.2 Å². The molecular formula is C15H32O2. The molecule has 0 saturated carbocycles. The normalized spacial score (nSPS) is 10.8. The van der Waals surface area contributed by atoms with Crippen molar-refractivity contribution in [2.24, 2.45) is 0 Å². The Hall–Kier alpha value is -0.340. The highest BCUT2D eigenvalue weighted by Crippen LogP contribution is 2.19. The molecule has 0 bridgehead atoms. The number of hydrogen-bond donors (Lipinski definition) is 0. The number of unbranched alkanes of at least 4 members (excludes halogenated alkanes) is 6. The van der Waals surface area contributed by atoms with Gasteiger partial charge in [-0.1, -0.05) is 45.4 Å². The largest absolute Gasteiger partial charge is 0.353 e. The molecule has 0 aliphatic rings. The van der Waals surface area contributed by atoms with Gasteiger partial charge in [-0.15, -0.1) is 13.2 Å². The van der Waals surface area contributed by atoms with Crippen LogP contribution in [0, 0.1) is 0 Å². The summed E-state index contributed by atoms with van der Waals surface area (Å²) in [5, 5.41) is 0. The van der Waals surface area contributed by atoms with Gasteiger partial charge in [-0.05, 0) is 13.3 Å². The van der Waals surface area contributed by atoms with Gasteiger partial charge < -0.3 is 9.47 Å². The topological polar surface area (TPSA) is 18.5 Å². The first-order valence-electron chi connectivity index (χ1n) is 6.79. The molecule has 0 N–H and O–H groups in total. The molecule has 0 aromatic rings. The number of hydrogen-bond acceptors (Lipinski definition) is 2. The van der Waals surface area contributed by atoms with Crippen LogP contribution in [0.25, 0.3) is 0 Å². The Kier molecular flexibility index (Phi) is 15.3. The fourth-order valence-corrected chi connectivity index (χ4v) is 1.69. The molecule has 0 atom stereocenters. The van der Waals surface area contributed by atoms with E-state index >= 15 is 0 Å². The van der Waals surface area contributed by atoms with Gasteiger partial charge in [0.15, 0.2) is 5.79 Å². The molecule has 2 heteroatoms. The second-order valence-corrected chi connectivity index (χ2v) is 4.41. The predicted octanol–water partition coefficient (Wildman–Crippen LogP) is 4.94. The molecule has 0 unspecified atom stereocenters. The zero-order valence-corrected chi connectivity index (χ0v) is 12.4. The van der Waals surface area contributed by atoms with Gasteiger partial charge >= 0.3 is 0 Å². The lowest BCUT2D eigenvalue weighted by Crippen LogP contribution is -2.29. The van der Waals surface area contributed by atoms with Crippen molar-refractivity contribution in [1.82, 2.24) is 0 Å². The summed E-state index contributed by atoms with van der Waals surface area (Å²) in [6.07, 6.45) is 10.3. The Morgan fingerprint density at radius 1 is 0.824 bits per heavy atom. The molecule has 0 aromatic heterocycles.